The Labute approximate surface area is 181 Å². The molecule has 0 fully saturated rings. The highest BCUT2D eigenvalue weighted by Gasteiger charge is 2.26. The van der Waals surface area contributed by atoms with Crippen molar-refractivity contribution in [3.05, 3.63) is 74.8 Å². The maximum absolute atomic E-state index is 12.7. The fourth-order valence-electron chi connectivity index (χ4n) is 2.99. The fourth-order valence-corrected chi connectivity index (χ4v) is 3.17. The van der Waals surface area contributed by atoms with E-state index in [9.17, 15) is 19.7 Å². The minimum absolute atomic E-state index is 0.0538. The Balaban J connectivity index is 2.00. The largest absolute Gasteiger partial charge is 0.352 e. The van der Waals surface area contributed by atoms with Crippen LogP contribution in [0, 0.1) is 16.0 Å². The molecular weight excluding hydrogens is 406 g/mol. The lowest BCUT2D eigenvalue weighted by atomic mass is 10.0. The van der Waals surface area contributed by atoms with Crippen LogP contribution >= 0.6 is 11.6 Å². The predicted octanol–water partition coefficient (Wildman–Crippen LogP) is 4.14. The standard InChI is InChI=1S/C22H26ClN3O4/c1-14(2)20(22(28)24-15(3)9-10-16-7-5-4-6-8-16)25-21(27)17-11-12-18(23)19(13-17)26(29)30/h4-8,11-15,20H,9-10H2,1-3H3,(H,24,28)(H,25,27)/t15?,20-/m0/s1. The van der Waals surface area contributed by atoms with Gasteiger partial charge >= 0.3 is 0 Å². The number of nitro groups is 1. The number of benzene rings is 2. The molecule has 2 atom stereocenters. The Morgan fingerprint density at radius 2 is 1.73 bits per heavy atom. The van der Waals surface area contributed by atoms with Crippen molar-refractivity contribution < 1.29 is 14.5 Å². The van der Waals surface area contributed by atoms with Crippen molar-refractivity contribution in [2.24, 2.45) is 5.92 Å². The normalized spacial score (nSPS) is 12.8. The number of carbonyl (C=O) groups is 2. The van der Waals surface area contributed by atoms with Crippen LogP contribution in [0.2, 0.25) is 5.02 Å². The summed E-state index contributed by atoms with van der Waals surface area (Å²) in [5.41, 5.74) is 0.905. The van der Waals surface area contributed by atoms with Gasteiger partial charge in [0.05, 0.1) is 4.92 Å². The third-order valence-corrected chi connectivity index (χ3v) is 5.06. The molecule has 2 amide bonds. The molecule has 0 heterocycles. The maximum atomic E-state index is 12.7. The molecule has 2 rings (SSSR count). The van der Waals surface area contributed by atoms with E-state index in [-0.39, 0.29) is 34.1 Å². The molecule has 0 bridgehead atoms. The molecule has 160 valence electrons. The molecule has 0 saturated heterocycles. The highest BCUT2D eigenvalue weighted by molar-refractivity contribution is 6.32. The third kappa shape index (κ3) is 6.56. The highest BCUT2D eigenvalue weighted by Crippen LogP contribution is 2.25. The summed E-state index contributed by atoms with van der Waals surface area (Å²) < 4.78 is 0. The van der Waals surface area contributed by atoms with Crippen LogP contribution in [0.5, 0.6) is 0 Å². The first-order valence-corrected chi connectivity index (χ1v) is 10.2. The first kappa shape index (κ1) is 23.3. The molecule has 0 aliphatic heterocycles. The van der Waals surface area contributed by atoms with Crippen molar-refractivity contribution in [3.63, 3.8) is 0 Å². The number of amides is 2. The number of aryl methyl sites for hydroxylation is 1. The Kier molecular flexibility index (Phi) is 8.35. The van der Waals surface area contributed by atoms with Crippen LogP contribution in [0.1, 0.15) is 43.1 Å². The topological polar surface area (TPSA) is 101 Å². The average molecular weight is 432 g/mol. The lowest BCUT2D eigenvalue weighted by Crippen LogP contribution is -2.51. The van der Waals surface area contributed by atoms with Crippen molar-refractivity contribution in [1.29, 1.82) is 0 Å². The number of nitro benzene ring substituents is 1. The summed E-state index contributed by atoms with van der Waals surface area (Å²) in [5, 5.41) is 16.6. The first-order chi connectivity index (χ1) is 14.2. The zero-order chi connectivity index (χ0) is 22.3. The van der Waals surface area contributed by atoms with Crippen LogP contribution in [-0.2, 0) is 11.2 Å². The second kappa shape index (κ2) is 10.7. The van der Waals surface area contributed by atoms with Gasteiger partial charge in [0.1, 0.15) is 11.1 Å². The first-order valence-electron chi connectivity index (χ1n) is 9.78. The van der Waals surface area contributed by atoms with E-state index in [0.717, 1.165) is 18.9 Å². The number of hydrogen-bond acceptors (Lipinski definition) is 4. The van der Waals surface area contributed by atoms with Crippen LogP contribution in [0.3, 0.4) is 0 Å². The molecule has 2 aromatic rings. The van der Waals surface area contributed by atoms with Gasteiger partial charge < -0.3 is 10.6 Å². The van der Waals surface area contributed by atoms with E-state index >= 15 is 0 Å². The molecule has 2 N–H and O–H groups in total. The zero-order valence-electron chi connectivity index (χ0n) is 17.2. The molecule has 0 aromatic heterocycles. The second-order valence-electron chi connectivity index (χ2n) is 7.55. The number of nitrogens with one attached hydrogen (secondary N) is 2. The summed E-state index contributed by atoms with van der Waals surface area (Å²) in [7, 11) is 0. The van der Waals surface area contributed by atoms with Gasteiger partial charge in [-0.1, -0.05) is 55.8 Å². The highest BCUT2D eigenvalue weighted by atomic mass is 35.5. The van der Waals surface area contributed by atoms with Crippen molar-refractivity contribution in [1.82, 2.24) is 10.6 Å². The summed E-state index contributed by atoms with van der Waals surface area (Å²) in [6, 6.07) is 12.9. The Morgan fingerprint density at radius 3 is 2.33 bits per heavy atom. The average Bonchev–Trinajstić information content (AvgIpc) is 2.70. The van der Waals surface area contributed by atoms with E-state index in [1.807, 2.05) is 51.1 Å². The number of rotatable bonds is 9. The SMILES string of the molecule is CC(CCc1ccccc1)NC(=O)[C@@H](NC(=O)c1ccc(Cl)c([N+](=O)[O-])c1)C(C)C. The molecule has 0 radical (unpaired) electrons. The van der Waals surface area contributed by atoms with E-state index in [2.05, 4.69) is 10.6 Å². The smallest absolute Gasteiger partial charge is 0.288 e. The van der Waals surface area contributed by atoms with E-state index in [4.69, 9.17) is 11.6 Å². The van der Waals surface area contributed by atoms with Crippen LogP contribution < -0.4 is 10.6 Å². The number of hydrogen-bond donors (Lipinski definition) is 2. The number of nitrogens with zero attached hydrogens (tertiary/aromatic N) is 1. The van der Waals surface area contributed by atoms with Crippen molar-refractivity contribution in [2.75, 3.05) is 0 Å². The lowest BCUT2D eigenvalue weighted by Gasteiger charge is -2.24. The summed E-state index contributed by atoms with van der Waals surface area (Å²) >= 11 is 5.80. The van der Waals surface area contributed by atoms with E-state index < -0.39 is 16.9 Å². The van der Waals surface area contributed by atoms with Crippen molar-refractivity contribution in [2.45, 2.75) is 45.7 Å². The van der Waals surface area contributed by atoms with Gasteiger partial charge in [0.2, 0.25) is 5.91 Å². The summed E-state index contributed by atoms with van der Waals surface area (Å²) in [5.74, 6) is -1.03. The van der Waals surface area contributed by atoms with Crippen LogP contribution in [0.25, 0.3) is 0 Å². The van der Waals surface area contributed by atoms with Gasteiger partial charge in [-0.2, -0.15) is 0 Å². The molecule has 0 aliphatic carbocycles. The van der Waals surface area contributed by atoms with Gasteiger partial charge in [0.25, 0.3) is 11.6 Å². The van der Waals surface area contributed by atoms with Crippen molar-refractivity contribution >= 4 is 29.1 Å². The quantitative estimate of drug-likeness (QED) is 0.460. The van der Waals surface area contributed by atoms with Crippen LogP contribution in [0.15, 0.2) is 48.5 Å². The van der Waals surface area contributed by atoms with E-state index in [1.165, 1.54) is 17.7 Å². The van der Waals surface area contributed by atoms with E-state index in [1.54, 1.807) is 0 Å². The van der Waals surface area contributed by atoms with Gasteiger partial charge in [0, 0.05) is 17.7 Å². The Hall–Kier alpha value is -2.93. The zero-order valence-corrected chi connectivity index (χ0v) is 18.0. The number of carbonyl (C=O) groups excluding carboxylic acids is 2. The summed E-state index contributed by atoms with van der Waals surface area (Å²) in [6.45, 7) is 5.57. The summed E-state index contributed by atoms with van der Waals surface area (Å²) in [4.78, 5) is 35.7. The van der Waals surface area contributed by atoms with Crippen LogP contribution in [0.4, 0.5) is 5.69 Å². The van der Waals surface area contributed by atoms with E-state index in [0.29, 0.717) is 0 Å². The molecule has 8 heteroatoms. The fraction of sp³-hybridized carbons (Fsp3) is 0.364. The summed E-state index contributed by atoms with van der Waals surface area (Å²) in [6.07, 6.45) is 1.59. The minimum atomic E-state index is -0.772. The number of halogens is 1. The molecular formula is C22H26ClN3O4. The molecule has 0 aliphatic rings. The Bertz CT molecular complexity index is 903. The molecule has 7 nitrogen and oxygen atoms in total. The van der Waals surface area contributed by atoms with Crippen LogP contribution in [-0.4, -0.2) is 28.8 Å². The molecule has 2 aromatic carbocycles. The minimum Gasteiger partial charge on any atom is -0.352 e. The van der Waals surface area contributed by atoms with Gasteiger partial charge in [0.15, 0.2) is 0 Å². The molecule has 0 saturated carbocycles. The monoisotopic (exact) mass is 431 g/mol. The van der Waals surface area contributed by atoms with Crippen molar-refractivity contribution in [3.8, 4) is 0 Å². The maximum Gasteiger partial charge on any atom is 0.288 e. The second-order valence-corrected chi connectivity index (χ2v) is 7.96. The predicted molar refractivity (Wildman–Crippen MR) is 117 cm³/mol. The van der Waals surface area contributed by atoms with Gasteiger partial charge in [-0.3, -0.25) is 19.7 Å². The van der Waals surface area contributed by atoms with Gasteiger partial charge in [-0.15, -0.1) is 0 Å². The molecule has 30 heavy (non-hydrogen) atoms. The van der Waals surface area contributed by atoms with Gasteiger partial charge in [-0.25, -0.2) is 0 Å². The van der Waals surface area contributed by atoms with Gasteiger partial charge in [-0.05, 0) is 43.4 Å². The third-order valence-electron chi connectivity index (χ3n) is 4.74. The Morgan fingerprint density at radius 1 is 1.07 bits per heavy atom. The lowest BCUT2D eigenvalue weighted by molar-refractivity contribution is -0.384. The molecule has 1 unspecified atom stereocenters. The molecule has 0 spiro atoms.